The number of rotatable bonds is 5. The van der Waals surface area contributed by atoms with Gasteiger partial charge in [-0.25, -0.2) is 0 Å². The molecule has 0 aliphatic heterocycles. The Kier molecular flexibility index (Phi) is 4.90. The van der Waals surface area contributed by atoms with E-state index < -0.39 is 14.1 Å². The largest absolute Gasteiger partial charge is 0.468 e. The zero-order valence-electron chi connectivity index (χ0n) is 10.8. The molecule has 1 atom stereocenters. The van der Waals surface area contributed by atoms with Crippen LogP contribution in [0.15, 0.2) is 30.3 Å². The van der Waals surface area contributed by atoms with Crippen LogP contribution in [-0.4, -0.2) is 27.2 Å². The van der Waals surface area contributed by atoms with E-state index in [2.05, 4.69) is 30.0 Å². The molecule has 17 heavy (non-hydrogen) atoms. The quantitative estimate of drug-likeness (QED) is 0.643. The monoisotopic (exact) mass is 251 g/mol. The molecule has 0 saturated heterocycles. The Balaban J connectivity index is 2.60. The summed E-state index contributed by atoms with van der Waals surface area (Å²) in [5, 5.41) is 0. The fourth-order valence-electron chi connectivity index (χ4n) is 2.05. The highest BCUT2D eigenvalue weighted by molar-refractivity contribution is 6.77. The molecule has 0 fully saturated rings. The van der Waals surface area contributed by atoms with E-state index in [0.717, 1.165) is 12.1 Å². The van der Waals surface area contributed by atoms with E-state index in [9.17, 15) is 4.79 Å². The number of methoxy groups -OCH3 is 1. The molecule has 0 amide bonds. The van der Waals surface area contributed by atoms with Gasteiger partial charge >= 0.3 is 5.97 Å². The van der Waals surface area contributed by atoms with Crippen molar-refractivity contribution in [3.63, 3.8) is 0 Å². The molecule has 4 heteroatoms. The molecule has 2 N–H and O–H groups in total. The second kappa shape index (κ2) is 5.98. The van der Waals surface area contributed by atoms with Crippen molar-refractivity contribution in [1.82, 2.24) is 0 Å². The average Bonchev–Trinajstić information content (AvgIpc) is 2.27. The van der Waals surface area contributed by atoms with Crippen molar-refractivity contribution in [1.29, 1.82) is 0 Å². The Morgan fingerprint density at radius 2 is 1.94 bits per heavy atom. The minimum Gasteiger partial charge on any atom is -0.468 e. The Morgan fingerprint density at radius 3 is 2.47 bits per heavy atom. The van der Waals surface area contributed by atoms with Crippen LogP contribution in [0, 0.1) is 0 Å². The summed E-state index contributed by atoms with van der Waals surface area (Å²) in [4.78, 5) is 11.3. The van der Waals surface area contributed by atoms with Crippen LogP contribution in [-0.2, 0) is 15.6 Å². The number of benzene rings is 1. The van der Waals surface area contributed by atoms with Crippen LogP contribution in [0.1, 0.15) is 5.56 Å². The first-order valence-electron chi connectivity index (χ1n) is 5.82. The summed E-state index contributed by atoms with van der Waals surface area (Å²) >= 11 is 0. The average molecular weight is 251 g/mol. The zero-order chi connectivity index (χ0) is 12.9. The topological polar surface area (TPSA) is 52.3 Å². The number of hydrogen-bond donors (Lipinski definition) is 1. The SMILES string of the molecule is COC(=O)[C@@H](N)C[Si](C)(C)Cc1ccccc1. The molecule has 1 aromatic carbocycles. The van der Waals surface area contributed by atoms with Gasteiger partial charge in [0.05, 0.1) is 15.2 Å². The van der Waals surface area contributed by atoms with Gasteiger partial charge in [0.2, 0.25) is 0 Å². The molecule has 1 rings (SSSR count). The number of hydrogen-bond acceptors (Lipinski definition) is 3. The lowest BCUT2D eigenvalue weighted by molar-refractivity contribution is -0.141. The number of esters is 1. The lowest BCUT2D eigenvalue weighted by atomic mass is 10.2. The van der Waals surface area contributed by atoms with Gasteiger partial charge in [0.15, 0.2) is 0 Å². The molecule has 1 aromatic rings. The van der Waals surface area contributed by atoms with E-state index in [4.69, 9.17) is 5.73 Å². The van der Waals surface area contributed by atoms with Crippen LogP contribution >= 0.6 is 0 Å². The number of ether oxygens (including phenoxy) is 1. The van der Waals surface area contributed by atoms with E-state index in [1.807, 2.05) is 18.2 Å². The van der Waals surface area contributed by atoms with Crippen LogP contribution in [0.4, 0.5) is 0 Å². The Labute approximate surface area is 104 Å². The van der Waals surface area contributed by atoms with E-state index >= 15 is 0 Å². The fraction of sp³-hybridized carbons (Fsp3) is 0.462. The molecular weight excluding hydrogens is 230 g/mol. The van der Waals surface area contributed by atoms with Crippen LogP contribution in [0.3, 0.4) is 0 Å². The minimum absolute atomic E-state index is 0.307. The van der Waals surface area contributed by atoms with E-state index in [1.165, 1.54) is 12.7 Å². The molecule has 94 valence electrons. The van der Waals surface area contributed by atoms with Crippen molar-refractivity contribution in [3.05, 3.63) is 35.9 Å². The van der Waals surface area contributed by atoms with Crippen molar-refractivity contribution in [2.75, 3.05) is 7.11 Å². The highest BCUT2D eigenvalue weighted by Crippen LogP contribution is 2.18. The lowest BCUT2D eigenvalue weighted by Gasteiger charge is -2.25. The summed E-state index contributed by atoms with van der Waals surface area (Å²) in [5.41, 5.74) is 7.15. The second-order valence-electron chi connectivity index (χ2n) is 5.16. The smallest absolute Gasteiger partial charge is 0.322 e. The minimum atomic E-state index is -1.51. The molecule has 0 heterocycles. The van der Waals surface area contributed by atoms with Crippen molar-refractivity contribution in [3.8, 4) is 0 Å². The third kappa shape index (κ3) is 4.71. The fourth-order valence-corrected chi connectivity index (χ4v) is 4.89. The molecule has 0 aromatic heterocycles. The lowest BCUT2D eigenvalue weighted by Crippen LogP contribution is -2.42. The van der Waals surface area contributed by atoms with Crippen LogP contribution in [0.25, 0.3) is 0 Å². The highest BCUT2D eigenvalue weighted by atomic mass is 28.3. The van der Waals surface area contributed by atoms with E-state index in [0.29, 0.717) is 0 Å². The van der Waals surface area contributed by atoms with Gasteiger partial charge < -0.3 is 10.5 Å². The maximum Gasteiger partial charge on any atom is 0.322 e. The van der Waals surface area contributed by atoms with Gasteiger partial charge in [-0.3, -0.25) is 4.79 Å². The van der Waals surface area contributed by atoms with Gasteiger partial charge in [0.25, 0.3) is 0 Å². The first kappa shape index (κ1) is 13.9. The summed E-state index contributed by atoms with van der Waals surface area (Å²) < 4.78 is 4.67. The highest BCUT2D eigenvalue weighted by Gasteiger charge is 2.27. The van der Waals surface area contributed by atoms with E-state index in [-0.39, 0.29) is 5.97 Å². The van der Waals surface area contributed by atoms with E-state index in [1.54, 1.807) is 0 Å². The summed E-state index contributed by atoms with van der Waals surface area (Å²) in [6.07, 6.45) is 0. The van der Waals surface area contributed by atoms with Gasteiger partial charge in [-0.1, -0.05) is 49.0 Å². The summed E-state index contributed by atoms with van der Waals surface area (Å²) in [7, 11) is -0.129. The molecule has 0 spiro atoms. The molecule has 3 nitrogen and oxygen atoms in total. The van der Waals surface area contributed by atoms with Crippen molar-refractivity contribution in [2.24, 2.45) is 5.73 Å². The van der Waals surface area contributed by atoms with Gasteiger partial charge in [0.1, 0.15) is 6.04 Å². The first-order chi connectivity index (χ1) is 7.94. The number of nitrogens with two attached hydrogens (primary N) is 1. The maximum atomic E-state index is 11.3. The van der Waals surface area contributed by atoms with Crippen molar-refractivity contribution in [2.45, 2.75) is 31.2 Å². The van der Waals surface area contributed by atoms with Crippen molar-refractivity contribution < 1.29 is 9.53 Å². The predicted molar refractivity (Wildman–Crippen MR) is 72.4 cm³/mol. The number of carbonyl (C=O) groups excluding carboxylic acids is 1. The zero-order valence-corrected chi connectivity index (χ0v) is 11.8. The summed E-state index contributed by atoms with van der Waals surface area (Å²) in [6, 6.07) is 11.7. The predicted octanol–water partition coefficient (Wildman–Crippen LogP) is 1.98. The molecule has 0 bridgehead atoms. The van der Waals surface area contributed by atoms with Gasteiger partial charge in [-0.05, 0) is 12.1 Å². The molecule has 0 aliphatic rings. The normalized spacial score (nSPS) is 13.2. The van der Waals surface area contributed by atoms with Gasteiger partial charge in [-0.15, -0.1) is 0 Å². The number of carbonyl (C=O) groups is 1. The van der Waals surface area contributed by atoms with Crippen LogP contribution in [0.5, 0.6) is 0 Å². The Hall–Kier alpha value is -1.13. The summed E-state index contributed by atoms with van der Waals surface area (Å²) in [6.45, 7) is 4.51. The Bertz CT molecular complexity index is 365. The third-order valence-electron chi connectivity index (χ3n) is 2.80. The standard InChI is InChI=1S/C13H21NO2Si/c1-16-13(15)12(14)10-17(2,3)9-11-7-5-4-6-8-11/h4-8,12H,9-10,14H2,1-3H3/t12-/m0/s1. The second-order valence-corrected chi connectivity index (χ2v) is 10.3. The van der Waals surface area contributed by atoms with Gasteiger partial charge in [0, 0.05) is 0 Å². The summed E-state index contributed by atoms with van der Waals surface area (Å²) in [5.74, 6) is -0.307. The molecule has 0 saturated carbocycles. The molecule has 0 radical (unpaired) electrons. The van der Waals surface area contributed by atoms with Crippen LogP contribution < -0.4 is 5.73 Å². The third-order valence-corrected chi connectivity index (χ3v) is 5.71. The maximum absolute atomic E-state index is 11.3. The molecular formula is C13H21NO2Si. The Morgan fingerprint density at radius 1 is 1.35 bits per heavy atom. The molecule has 0 unspecified atom stereocenters. The first-order valence-corrected chi connectivity index (χ1v) is 9.23. The molecule has 0 aliphatic carbocycles. The van der Waals surface area contributed by atoms with Gasteiger partial charge in [-0.2, -0.15) is 0 Å². The van der Waals surface area contributed by atoms with Crippen molar-refractivity contribution >= 4 is 14.0 Å². The van der Waals surface area contributed by atoms with Crippen LogP contribution in [0.2, 0.25) is 19.1 Å².